The molecule has 0 aromatic heterocycles. The normalized spacial score (nSPS) is 11.7. The number of esters is 1. The summed E-state index contributed by atoms with van der Waals surface area (Å²) in [7, 11) is 0. The van der Waals surface area contributed by atoms with Gasteiger partial charge in [-0.1, -0.05) is 46.9 Å². The highest BCUT2D eigenvalue weighted by atomic mass is 35.5. The Kier molecular flexibility index (Phi) is 5.88. The van der Waals surface area contributed by atoms with Gasteiger partial charge in [-0.05, 0) is 37.3 Å². The molecular formula is C16H12Cl3NO3. The number of amides is 1. The van der Waals surface area contributed by atoms with Gasteiger partial charge >= 0.3 is 5.97 Å². The van der Waals surface area contributed by atoms with Crippen LogP contribution in [0.1, 0.15) is 17.3 Å². The molecule has 0 aliphatic rings. The summed E-state index contributed by atoms with van der Waals surface area (Å²) in [5.41, 5.74) is 0.569. The van der Waals surface area contributed by atoms with Crippen LogP contribution in [-0.2, 0) is 9.53 Å². The number of anilines is 1. The minimum absolute atomic E-state index is 0.193. The number of ether oxygens (including phenoxy) is 1. The smallest absolute Gasteiger partial charge is 0.340 e. The van der Waals surface area contributed by atoms with Crippen molar-refractivity contribution in [3.63, 3.8) is 0 Å². The van der Waals surface area contributed by atoms with E-state index in [0.29, 0.717) is 10.7 Å². The Morgan fingerprint density at radius 1 is 1.04 bits per heavy atom. The molecule has 0 heterocycles. The zero-order chi connectivity index (χ0) is 17.0. The summed E-state index contributed by atoms with van der Waals surface area (Å²) in [4.78, 5) is 24.1. The molecule has 0 aliphatic heterocycles. The number of carbonyl (C=O) groups is 2. The Bertz CT molecular complexity index is 749. The molecule has 120 valence electrons. The van der Waals surface area contributed by atoms with Gasteiger partial charge < -0.3 is 10.1 Å². The van der Waals surface area contributed by atoms with Crippen LogP contribution in [0.25, 0.3) is 0 Å². The minimum Gasteiger partial charge on any atom is -0.449 e. The van der Waals surface area contributed by atoms with Gasteiger partial charge in [0.05, 0.1) is 21.3 Å². The Morgan fingerprint density at radius 2 is 1.74 bits per heavy atom. The number of halogens is 3. The van der Waals surface area contributed by atoms with Gasteiger partial charge in [-0.2, -0.15) is 0 Å². The fourth-order valence-electron chi connectivity index (χ4n) is 1.73. The van der Waals surface area contributed by atoms with Crippen molar-refractivity contribution < 1.29 is 14.3 Å². The first-order chi connectivity index (χ1) is 10.9. The first kappa shape index (κ1) is 17.6. The van der Waals surface area contributed by atoms with E-state index in [0.717, 1.165) is 0 Å². The number of hydrogen-bond acceptors (Lipinski definition) is 3. The van der Waals surface area contributed by atoms with Crippen molar-refractivity contribution in [2.45, 2.75) is 13.0 Å². The molecule has 0 radical (unpaired) electrons. The quantitative estimate of drug-likeness (QED) is 0.782. The van der Waals surface area contributed by atoms with E-state index in [1.165, 1.54) is 19.1 Å². The van der Waals surface area contributed by atoms with Crippen LogP contribution >= 0.6 is 34.8 Å². The predicted octanol–water partition coefficient (Wildman–Crippen LogP) is 4.83. The van der Waals surface area contributed by atoms with Crippen molar-refractivity contribution in [2.24, 2.45) is 0 Å². The highest BCUT2D eigenvalue weighted by Gasteiger charge is 2.21. The zero-order valence-corrected chi connectivity index (χ0v) is 14.2. The number of rotatable bonds is 4. The topological polar surface area (TPSA) is 55.4 Å². The largest absolute Gasteiger partial charge is 0.449 e. The maximum Gasteiger partial charge on any atom is 0.340 e. The Balaban J connectivity index is 2.03. The van der Waals surface area contributed by atoms with E-state index in [1.807, 2.05) is 0 Å². The third-order valence-electron chi connectivity index (χ3n) is 2.94. The van der Waals surface area contributed by atoms with Crippen molar-refractivity contribution in [1.82, 2.24) is 0 Å². The fraction of sp³-hybridized carbons (Fsp3) is 0.125. The number of benzene rings is 2. The number of carbonyl (C=O) groups excluding carboxylic acids is 2. The van der Waals surface area contributed by atoms with E-state index >= 15 is 0 Å². The molecule has 0 spiro atoms. The predicted molar refractivity (Wildman–Crippen MR) is 91.4 cm³/mol. The maximum absolute atomic E-state index is 12.1. The summed E-state index contributed by atoms with van der Waals surface area (Å²) in [5.74, 6) is -1.20. The summed E-state index contributed by atoms with van der Waals surface area (Å²) < 4.78 is 5.11. The molecule has 2 aromatic carbocycles. The molecule has 23 heavy (non-hydrogen) atoms. The molecule has 0 unspecified atom stereocenters. The highest BCUT2D eigenvalue weighted by Crippen LogP contribution is 2.25. The van der Waals surface area contributed by atoms with Crippen LogP contribution < -0.4 is 5.32 Å². The second-order valence-electron chi connectivity index (χ2n) is 4.64. The van der Waals surface area contributed by atoms with Gasteiger partial charge in [-0.25, -0.2) is 4.79 Å². The van der Waals surface area contributed by atoms with Crippen molar-refractivity contribution in [1.29, 1.82) is 0 Å². The van der Waals surface area contributed by atoms with Gasteiger partial charge in [0.1, 0.15) is 0 Å². The molecule has 1 atom stereocenters. The van der Waals surface area contributed by atoms with Crippen LogP contribution in [-0.4, -0.2) is 18.0 Å². The van der Waals surface area contributed by atoms with E-state index < -0.39 is 18.0 Å². The van der Waals surface area contributed by atoms with Crippen molar-refractivity contribution in [3.05, 3.63) is 63.1 Å². The van der Waals surface area contributed by atoms with Gasteiger partial charge in [-0.15, -0.1) is 0 Å². The summed E-state index contributed by atoms with van der Waals surface area (Å²) in [6.07, 6.45) is -1.02. The van der Waals surface area contributed by atoms with Crippen LogP contribution in [0.2, 0.25) is 15.1 Å². The third kappa shape index (κ3) is 4.61. The standard InChI is InChI=1S/C16H12Cl3NO3/c1-9(23-16(22)11-4-2-3-5-12(11)18)15(21)20-14-7-6-10(17)8-13(14)19/h2-9H,1H3,(H,20,21)/t9-/m1/s1. The lowest BCUT2D eigenvalue weighted by Crippen LogP contribution is -2.30. The lowest BCUT2D eigenvalue weighted by atomic mass is 10.2. The van der Waals surface area contributed by atoms with Crippen LogP contribution in [0.15, 0.2) is 42.5 Å². The van der Waals surface area contributed by atoms with Gasteiger partial charge in [0.25, 0.3) is 5.91 Å². The van der Waals surface area contributed by atoms with E-state index in [2.05, 4.69) is 5.32 Å². The molecular weight excluding hydrogens is 361 g/mol. The third-order valence-corrected chi connectivity index (χ3v) is 3.81. The molecule has 4 nitrogen and oxygen atoms in total. The van der Waals surface area contributed by atoms with E-state index in [-0.39, 0.29) is 15.6 Å². The van der Waals surface area contributed by atoms with Crippen LogP contribution in [0, 0.1) is 0 Å². The van der Waals surface area contributed by atoms with E-state index in [9.17, 15) is 9.59 Å². The Hall–Kier alpha value is -1.75. The molecule has 1 N–H and O–H groups in total. The van der Waals surface area contributed by atoms with Crippen molar-refractivity contribution >= 4 is 52.4 Å². The van der Waals surface area contributed by atoms with E-state index in [4.69, 9.17) is 39.5 Å². The molecule has 2 aromatic rings. The lowest BCUT2D eigenvalue weighted by molar-refractivity contribution is -0.123. The second-order valence-corrected chi connectivity index (χ2v) is 5.89. The van der Waals surface area contributed by atoms with Gasteiger partial charge in [-0.3, -0.25) is 4.79 Å². The van der Waals surface area contributed by atoms with Gasteiger partial charge in [0.2, 0.25) is 0 Å². The second kappa shape index (κ2) is 7.68. The monoisotopic (exact) mass is 371 g/mol. The van der Waals surface area contributed by atoms with Gasteiger partial charge in [0.15, 0.2) is 6.10 Å². The maximum atomic E-state index is 12.1. The molecule has 7 heteroatoms. The van der Waals surface area contributed by atoms with Crippen LogP contribution in [0.5, 0.6) is 0 Å². The van der Waals surface area contributed by atoms with E-state index in [1.54, 1.807) is 30.3 Å². The Labute approximate surface area is 148 Å². The molecule has 0 saturated carbocycles. The summed E-state index contributed by atoms with van der Waals surface area (Å²) >= 11 is 17.7. The summed E-state index contributed by atoms with van der Waals surface area (Å²) in [5, 5.41) is 3.56. The van der Waals surface area contributed by atoms with Crippen molar-refractivity contribution in [3.8, 4) is 0 Å². The molecule has 2 rings (SSSR count). The van der Waals surface area contributed by atoms with Crippen molar-refractivity contribution in [2.75, 3.05) is 5.32 Å². The lowest BCUT2D eigenvalue weighted by Gasteiger charge is -2.14. The first-order valence-electron chi connectivity index (χ1n) is 6.60. The molecule has 0 aliphatic carbocycles. The minimum atomic E-state index is -1.02. The first-order valence-corrected chi connectivity index (χ1v) is 7.73. The fourth-order valence-corrected chi connectivity index (χ4v) is 2.40. The summed E-state index contributed by atoms with van der Waals surface area (Å²) in [6.45, 7) is 1.45. The number of hydrogen-bond donors (Lipinski definition) is 1. The van der Waals surface area contributed by atoms with Crippen LogP contribution in [0.3, 0.4) is 0 Å². The SMILES string of the molecule is C[C@@H](OC(=O)c1ccccc1Cl)C(=O)Nc1ccc(Cl)cc1Cl. The number of nitrogens with one attached hydrogen (secondary N) is 1. The molecule has 0 fully saturated rings. The van der Waals surface area contributed by atoms with Crippen LogP contribution in [0.4, 0.5) is 5.69 Å². The highest BCUT2D eigenvalue weighted by molar-refractivity contribution is 6.36. The molecule has 1 amide bonds. The molecule has 0 bridgehead atoms. The zero-order valence-electron chi connectivity index (χ0n) is 12.0. The molecule has 0 saturated heterocycles. The average molecular weight is 373 g/mol. The van der Waals surface area contributed by atoms with Gasteiger partial charge in [0, 0.05) is 5.02 Å². The summed E-state index contributed by atoms with van der Waals surface area (Å²) in [6, 6.07) is 11.1. The Morgan fingerprint density at radius 3 is 2.39 bits per heavy atom. The average Bonchev–Trinajstić information content (AvgIpc) is 2.50.